The summed E-state index contributed by atoms with van der Waals surface area (Å²) in [6.07, 6.45) is 3.09. The van der Waals surface area contributed by atoms with Gasteiger partial charge < -0.3 is 10.1 Å². The van der Waals surface area contributed by atoms with E-state index in [9.17, 15) is 8.42 Å². The van der Waals surface area contributed by atoms with E-state index < -0.39 is 9.84 Å². The van der Waals surface area contributed by atoms with Gasteiger partial charge in [0.05, 0.1) is 4.90 Å². The summed E-state index contributed by atoms with van der Waals surface area (Å²) < 4.78 is 28.8. The van der Waals surface area contributed by atoms with Crippen molar-refractivity contribution in [3.63, 3.8) is 0 Å². The summed E-state index contributed by atoms with van der Waals surface area (Å²) in [7, 11) is -3.26. The van der Waals surface area contributed by atoms with Crippen LogP contribution in [0.1, 0.15) is 18.4 Å². The molecule has 1 aromatic rings. The summed E-state index contributed by atoms with van der Waals surface area (Å²) in [6, 6.07) is 5.34. The fourth-order valence-electron chi connectivity index (χ4n) is 2.21. The lowest BCUT2D eigenvalue weighted by Gasteiger charge is -2.24. The van der Waals surface area contributed by atoms with Crippen molar-refractivity contribution >= 4 is 21.4 Å². The predicted octanol–water partition coefficient (Wildman–Crippen LogP) is 2.01. The standard InChI is InChI=1S/C13H18ClNO3S/c1-19(16,17)13-4-2-3-12(14)11(13)9-15-10-5-7-18-8-6-10/h2-4,10,15H,5-9H2,1H3. The molecule has 0 amide bonds. The van der Waals surface area contributed by atoms with E-state index in [4.69, 9.17) is 16.3 Å². The van der Waals surface area contributed by atoms with Crippen molar-refractivity contribution in [1.82, 2.24) is 5.32 Å². The third-order valence-corrected chi connectivity index (χ3v) is 4.80. The van der Waals surface area contributed by atoms with Crippen molar-refractivity contribution in [2.24, 2.45) is 0 Å². The van der Waals surface area contributed by atoms with E-state index >= 15 is 0 Å². The van der Waals surface area contributed by atoms with Gasteiger partial charge in [0.2, 0.25) is 0 Å². The molecule has 0 radical (unpaired) electrons. The van der Waals surface area contributed by atoms with Crippen molar-refractivity contribution in [2.75, 3.05) is 19.5 Å². The van der Waals surface area contributed by atoms with Gasteiger partial charge in [-0.3, -0.25) is 0 Å². The normalized spacial score (nSPS) is 17.6. The molecule has 0 atom stereocenters. The molecule has 6 heteroatoms. The van der Waals surface area contributed by atoms with Crippen molar-refractivity contribution in [2.45, 2.75) is 30.3 Å². The number of benzene rings is 1. The summed E-state index contributed by atoms with van der Waals surface area (Å²) in [5.74, 6) is 0. The number of halogens is 1. The first-order valence-electron chi connectivity index (χ1n) is 6.27. The van der Waals surface area contributed by atoms with Crippen molar-refractivity contribution < 1.29 is 13.2 Å². The van der Waals surface area contributed by atoms with Crippen LogP contribution in [-0.4, -0.2) is 33.9 Å². The predicted molar refractivity (Wildman–Crippen MR) is 75.2 cm³/mol. The second-order valence-corrected chi connectivity index (χ2v) is 7.15. The van der Waals surface area contributed by atoms with Gasteiger partial charge >= 0.3 is 0 Å². The average molecular weight is 304 g/mol. The van der Waals surface area contributed by atoms with E-state index in [1.54, 1.807) is 18.2 Å². The molecule has 0 aliphatic carbocycles. The van der Waals surface area contributed by atoms with Crippen LogP contribution in [-0.2, 0) is 21.1 Å². The van der Waals surface area contributed by atoms with Gasteiger partial charge in [-0.15, -0.1) is 0 Å². The smallest absolute Gasteiger partial charge is 0.175 e. The minimum Gasteiger partial charge on any atom is -0.381 e. The Kier molecular flexibility index (Phi) is 4.84. The van der Waals surface area contributed by atoms with Gasteiger partial charge in [0, 0.05) is 42.6 Å². The molecule has 0 aromatic heterocycles. The van der Waals surface area contributed by atoms with Gasteiger partial charge in [0.25, 0.3) is 0 Å². The van der Waals surface area contributed by atoms with Gasteiger partial charge in [0.15, 0.2) is 9.84 Å². The zero-order chi connectivity index (χ0) is 13.9. The Labute approximate surface area is 119 Å². The van der Waals surface area contributed by atoms with Crippen LogP contribution in [0.15, 0.2) is 23.1 Å². The zero-order valence-electron chi connectivity index (χ0n) is 10.9. The second kappa shape index (κ2) is 6.22. The quantitative estimate of drug-likeness (QED) is 0.924. The molecule has 2 rings (SSSR count). The van der Waals surface area contributed by atoms with Crippen LogP contribution in [0.5, 0.6) is 0 Å². The molecule has 1 N–H and O–H groups in total. The molecule has 106 valence electrons. The molecule has 1 saturated heterocycles. The molecule has 1 fully saturated rings. The highest BCUT2D eigenvalue weighted by Gasteiger charge is 2.18. The Hall–Kier alpha value is -0.620. The van der Waals surface area contributed by atoms with Crippen LogP contribution < -0.4 is 5.32 Å². The first kappa shape index (κ1) is 14.8. The molecular formula is C13H18ClNO3S. The van der Waals surface area contributed by atoms with Gasteiger partial charge in [-0.1, -0.05) is 17.7 Å². The lowest BCUT2D eigenvalue weighted by atomic mass is 10.1. The van der Waals surface area contributed by atoms with E-state index in [1.807, 2.05) is 0 Å². The Morgan fingerprint density at radius 2 is 2.05 bits per heavy atom. The highest BCUT2D eigenvalue weighted by atomic mass is 35.5. The first-order chi connectivity index (χ1) is 8.98. The largest absolute Gasteiger partial charge is 0.381 e. The minimum absolute atomic E-state index is 0.305. The van der Waals surface area contributed by atoms with Crippen LogP contribution in [0.25, 0.3) is 0 Å². The van der Waals surface area contributed by atoms with Crippen LogP contribution in [0.4, 0.5) is 0 Å². The summed E-state index contributed by atoms with van der Waals surface area (Å²) in [5, 5.41) is 3.85. The van der Waals surface area contributed by atoms with Crippen LogP contribution in [0.3, 0.4) is 0 Å². The number of sulfone groups is 1. The second-order valence-electron chi connectivity index (χ2n) is 4.76. The molecule has 0 saturated carbocycles. The average Bonchev–Trinajstić information content (AvgIpc) is 2.37. The molecule has 0 unspecified atom stereocenters. The van der Waals surface area contributed by atoms with Crippen molar-refractivity contribution in [3.8, 4) is 0 Å². The maximum absolute atomic E-state index is 11.8. The number of rotatable bonds is 4. The minimum atomic E-state index is -3.26. The van der Waals surface area contributed by atoms with Crippen molar-refractivity contribution in [3.05, 3.63) is 28.8 Å². The molecule has 1 aromatic carbocycles. The molecule has 0 bridgehead atoms. The summed E-state index contributed by atoms with van der Waals surface area (Å²) in [5.41, 5.74) is 0.651. The lowest BCUT2D eigenvalue weighted by Crippen LogP contribution is -2.34. The number of hydrogen-bond donors (Lipinski definition) is 1. The van der Waals surface area contributed by atoms with E-state index in [-0.39, 0.29) is 0 Å². The zero-order valence-corrected chi connectivity index (χ0v) is 12.4. The van der Waals surface area contributed by atoms with Gasteiger partial charge in [-0.05, 0) is 25.0 Å². The van der Waals surface area contributed by atoms with E-state index in [1.165, 1.54) is 6.26 Å². The fraction of sp³-hybridized carbons (Fsp3) is 0.538. The van der Waals surface area contributed by atoms with Gasteiger partial charge in [0.1, 0.15) is 0 Å². The third-order valence-electron chi connectivity index (χ3n) is 3.26. The monoisotopic (exact) mass is 303 g/mol. The first-order valence-corrected chi connectivity index (χ1v) is 8.54. The maximum Gasteiger partial charge on any atom is 0.175 e. The topological polar surface area (TPSA) is 55.4 Å². The Balaban J connectivity index is 2.15. The molecular weight excluding hydrogens is 286 g/mol. The summed E-state index contributed by atoms with van der Waals surface area (Å²) in [6.45, 7) is 1.96. The molecule has 0 spiro atoms. The molecule has 1 heterocycles. The number of ether oxygens (including phenoxy) is 1. The maximum atomic E-state index is 11.8. The molecule has 1 aliphatic heterocycles. The summed E-state index contributed by atoms with van der Waals surface area (Å²) >= 11 is 6.12. The molecule has 19 heavy (non-hydrogen) atoms. The van der Waals surface area contributed by atoms with Crippen LogP contribution in [0.2, 0.25) is 5.02 Å². The van der Waals surface area contributed by atoms with E-state index in [2.05, 4.69) is 5.32 Å². The fourth-order valence-corrected chi connectivity index (χ4v) is 3.46. The Morgan fingerprint density at radius 1 is 1.37 bits per heavy atom. The third kappa shape index (κ3) is 3.92. The van der Waals surface area contributed by atoms with Crippen LogP contribution >= 0.6 is 11.6 Å². The van der Waals surface area contributed by atoms with Crippen LogP contribution in [0, 0.1) is 0 Å². The molecule has 4 nitrogen and oxygen atoms in total. The van der Waals surface area contributed by atoms with E-state index in [0.717, 1.165) is 26.1 Å². The lowest BCUT2D eigenvalue weighted by molar-refractivity contribution is 0.0775. The van der Waals surface area contributed by atoms with Crippen molar-refractivity contribution in [1.29, 1.82) is 0 Å². The Morgan fingerprint density at radius 3 is 2.68 bits per heavy atom. The Bertz CT molecular complexity index is 539. The number of nitrogens with one attached hydrogen (secondary N) is 1. The van der Waals surface area contributed by atoms with E-state index in [0.29, 0.717) is 28.1 Å². The van der Waals surface area contributed by atoms with Gasteiger partial charge in [-0.25, -0.2) is 8.42 Å². The van der Waals surface area contributed by atoms with Gasteiger partial charge in [-0.2, -0.15) is 0 Å². The SMILES string of the molecule is CS(=O)(=O)c1cccc(Cl)c1CNC1CCOCC1. The highest BCUT2D eigenvalue weighted by molar-refractivity contribution is 7.90. The highest BCUT2D eigenvalue weighted by Crippen LogP contribution is 2.24. The summed E-state index contributed by atoms with van der Waals surface area (Å²) in [4.78, 5) is 0.305. The molecule has 1 aliphatic rings. The number of hydrogen-bond acceptors (Lipinski definition) is 4.